The Morgan fingerprint density at radius 1 is 0.311 bits per heavy atom. The molecule has 17 nitrogen and oxygen atoms in total. The van der Waals surface area contributed by atoms with Crippen molar-refractivity contribution < 1.29 is 80.2 Å². The van der Waals surface area contributed by atoms with Crippen molar-refractivity contribution in [1.82, 2.24) is 0 Å². The zero-order chi connectivity index (χ0) is 66.8. The first kappa shape index (κ1) is 88.1. The van der Waals surface area contributed by atoms with E-state index in [2.05, 4.69) is 55.4 Å². The molecule has 0 radical (unpaired) electrons. The maximum Gasteiger partial charge on any atom is 0.472 e. The molecule has 0 aromatic heterocycles. The van der Waals surface area contributed by atoms with Crippen molar-refractivity contribution in [2.45, 2.75) is 369 Å². The molecule has 3 unspecified atom stereocenters. The molecular formula is C71H138O17P2. The summed E-state index contributed by atoms with van der Waals surface area (Å²) in [5.41, 5.74) is 0. The van der Waals surface area contributed by atoms with Gasteiger partial charge in [-0.15, -0.1) is 0 Å². The standard InChI is InChI=1S/C71H138O17P2/c1-9-64(8)50-42-34-28-30-36-44-52-69(74)82-58-67(88-70(75)53-45-37-25-21-17-13-11-10-12-15-19-23-31-39-47-61(2)3)60-86-90(79,80)84-56-65(72)55-83-89(77,78)85-59-66(57-81-68(73)51-43-35-29-27-33-41-49-63(6)7)87-71(76)54-46-38-26-22-18-14-16-20-24-32-40-48-62(4)5/h61-67,72H,9-60H2,1-8H3,(H,77,78)(H,79,80)/t64?,65-,66+,67+/m0/s1. The number of phosphoric ester groups is 2. The lowest BCUT2D eigenvalue weighted by molar-refractivity contribution is -0.161. The molecule has 0 saturated heterocycles. The lowest BCUT2D eigenvalue weighted by atomic mass is 10.00. The van der Waals surface area contributed by atoms with Crippen molar-refractivity contribution in [1.29, 1.82) is 0 Å². The predicted molar refractivity (Wildman–Crippen MR) is 363 cm³/mol. The van der Waals surface area contributed by atoms with E-state index in [0.717, 1.165) is 120 Å². The minimum atomic E-state index is -4.95. The molecule has 19 heteroatoms. The number of carbonyl (C=O) groups is 4. The van der Waals surface area contributed by atoms with E-state index >= 15 is 0 Å². The number of hydrogen-bond donors (Lipinski definition) is 3. The fourth-order valence-corrected chi connectivity index (χ4v) is 12.2. The molecule has 0 rings (SSSR count). The number of aliphatic hydroxyl groups is 1. The van der Waals surface area contributed by atoms with Crippen molar-refractivity contribution in [3.05, 3.63) is 0 Å². The van der Waals surface area contributed by atoms with Crippen LogP contribution in [0.1, 0.15) is 351 Å². The molecule has 0 aliphatic heterocycles. The van der Waals surface area contributed by atoms with Crippen molar-refractivity contribution >= 4 is 39.5 Å². The monoisotopic (exact) mass is 1320 g/mol. The van der Waals surface area contributed by atoms with Crippen LogP contribution in [-0.4, -0.2) is 96.7 Å². The van der Waals surface area contributed by atoms with Crippen LogP contribution in [0.5, 0.6) is 0 Å². The van der Waals surface area contributed by atoms with Gasteiger partial charge in [-0.3, -0.25) is 37.3 Å². The van der Waals surface area contributed by atoms with Gasteiger partial charge in [-0.1, -0.05) is 299 Å². The van der Waals surface area contributed by atoms with Crippen LogP contribution in [0, 0.1) is 23.7 Å². The summed E-state index contributed by atoms with van der Waals surface area (Å²) in [7, 11) is -9.90. The van der Waals surface area contributed by atoms with E-state index < -0.39 is 97.5 Å². The Labute approximate surface area is 549 Å². The van der Waals surface area contributed by atoms with Crippen molar-refractivity contribution in [3.63, 3.8) is 0 Å². The van der Waals surface area contributed by atoms with Crippen LogP contribution in [-0.2, 0) is 65.4 Å². The lowest BCUT2D eigenvalue weighted by Crippen LogP contribution is -2.30. The number of esters is 4. The SMILES string of the molecule is CCC(C)CCCCCCCCC(=O)OC[C@H](COP(=O)(O)OC[C@@H](O)COP(=O)(O)OC[C@@H](COC(=O)CCCCCCCCC(C)C)OC(=O)CCCCCCCCCCCCCC(C)C)OC(=O)CCCCCCCCCCCCCCCCC(C)C. The van der Waals surface area contributed by atoms with Crippen LogP contribution in [0.3, 0.4) is 0 Å². The van der Waals surface area contributed by atoms with Gasteiger partial charge in [0, 0.05) is 25.7 Å². The molecule has 6 atom stereocenters. The largest absolute Gasteiger partial charge is 0.472 e. The number of carbonyl (C=O) groups excluding carboxylic acids is 4. The van der Waals surface area contributed by atoms with Gasteiger partial charge >= 0.3 is 39.5 Å². The van der Waals surface area contributed by atoms with Crippen LogP contribution < -0.4 is 0 Å². The fraction of sp³-hybridized carbons (Fsp3) is 0.944. The van der Waals surface area contributed by atoms with Gasteiger partial charge in [-0.2, -0.15) is 0 Å². The van der Waals surface area contributed by atoms with Crippen LogP contribution >= 0.6 is 15.6 Å². The van der Waals surface area contributed by atoms with E-state index in [-0.39, 0.29) is 25.7 Å². The van der Waals surface area contributed by atoms with Gasteiger partial charge in [-0.05, 0) is 49.4 Å². The summed E-state index contributed by atoms with van der Waals surface area (Å²) in [6.07, 6.45) is 43.2. The van der Waals surface area contributed by atoms with E-state index in [4.69, 9.17) is 37.0 Å². The van der Waals surface area contributed by atoms with Gasteiger partial charge in [0.2, 0.25) is 0 Å². The molecule has 0 saturated carbocycles. The quantitative estimate of drug-likeness (QED) is 0.0222. The Bertz CT molecular complexity index is 1780. The lowest BCUT2D eigenvalue weighted by Gasteiger charge is -2.21. The number of hydrogen-bond acceptors (Lipinski definition) is 15. The van der Waals surface area contributed by atoms with Gasteiger partial charge in [0.1, 0.15) is 19.3 Å². The highest BCUT2D eigenvalue weighted by atomic mass is 31.2. The smallest absolute Gasteiger partial charge is 0.462 e. The van der Waals surface area contributed by atoms with Gasteiger partial charge < -0.3 is 33.8 Å². The molecule has 0 amide bonds. The summed E-state index contributed by atoms with van der Waals surface area (Å²) in [6, 6.07) is 0. The Balaban J connectivity index is 5.22. The summed E-state index contributed by atoms with van der Waals surface area (Å²) in [5, 5.41) is 10.6. The summed E-state index contributed by atoms with van der Waals surface area (Å²) in [4.78, 5) is 72.5. The molecule has 90 heavy (non-hydrogen) atoms. The average Bonchev–Trinajstić information content (AvgIpc) is 3.49. The highest BCUT2D eigenvalue weighted by molar-refractivity contribution is 7.47. The molecule has 0 aliphatic rings. The molecule has 0 aromatic rings. The van der Waals surface area contributed by atoms with E-state index in [1.165, 1.54) is 141 Å². The zero-order valence-corrected chi connectivity index (χ0v) is 60.6. The first-order valence-corrected chi connectivity index (χ1v) is 39.7. The second kappa shape index (κ2) is 60.7. The topological polar surface area (TPSA) is 237 Å². The maximum absolute atomic E-state index is 13.0. The van der Waals surface area contributed by atoms with E-state index in [0.29, 0.717) is 31.6 Å². The molecule has 534 valence electrons. The van der Waals surface area contributed by atoms with E-state index in [1.807, 2.05) is 0 Å². The van der Waals surface area contributed by atoms with Crippen LogP contribution in [0.25, 0.3) is 0 Å². The Hall–Kier alpha value is -1.94. The van der Waals surface area contributed by atoms with Gasteiger partial charge in [-0.25, -0.2) is 9.13 Å². The summed E-state index contributed by atoms with van der Waals surface area (Å²) in [5.74, 6) is 0.840. The first-order chi connectivity index (χ1) is 43.1. The van der Waals surface area contributed by atoms with Crippen molar-refractivity contribution in [2.75, 3.05) is 39.6 Å². The van der Waals surface area contributed by atoms with Gasteiger partial charge in [0.25, 0.3) is 0 Å². The second-order valence-corrected chi connectivity index (χ2v) is 30.2. The van der Waals surface area contributed by atoms with Crippen molar-refractivity contribution in [3.8, 4) is 0 Å². The van der Waals surface area contributed by atoms with Gasteiger partial charge in [0.15, 0.2) is 12.2 Å². The molecular weight excluding hydrogens is 1190 g/mol. The first-order valence-electron chi connectivity index (χ1n) is 36.7. The highest BCUT2D eigenvalue weighted by Gasteiger charge is 2.30. The third kappa shape index (κ3) is 63.5. The van der Waals surface area contributed by atoms with Crippen LogP contribution in [0.2, 0.25) is 0 Å². The Morgan fingerprint density at radius 3 is 0.789 bits per heavy atom. The number of phosphoric acid groups is 2. The molecule has 0 spiro atoms. The number of aliphatic hydroxyl groups excluding tert-OH is 1. The highest BCUT2D eigenvalue weighted by Crippen LogP contribution is 2.45. The molecule has 0 heterocycles. The number of rotatable bonds is 68. The second-order valence-electron chi connectivity index (χ2n) is 27.3. The third-order valence-electron chi connectivity index (χ3n) is 16.7. The summed E-state index contributed by atoms with van der Waals surface area (Å²) >= 11 is 0. The fourth-order valence-electron chi connectivity index (χ4n) is 10.6. The minimum Gasteiger partial charge on any atom is -0.462 e. The van der Waals surface area contributed by atoms with Crippen LogP contribution in [0.15, 0.2) is 0 Å². The third-order valence-corrected chi connectivity index (χ3v) is 18.6. The molecule has 0 aliphatic carbocycles. The Kier molecular flexibility index (Phi) is 59.4. The maximum atomic E-state index is 13.0. The minimum absolute atomic E-state index is 0.105. The number of ether oxygens (including phenoxy) is 4. The van der Waals surface area contributed by atoms with Crippen LogP contribution in [0.4, 0.5) is 0 Å². The van der Waals surface area contributed by atoms with Gasteiger partial charge in [0.05, 0.1) is 26.4 Å². The molecule has 0 fully saturated rings. The molecule has 3 N–H and O–H groups in total. The molecule has 0 aromatic carbocycles. The predicted octanol–water partition coefficient (Wildman–Crippen LogP) is 20.1. The summed E-state index contributed by atoms with van der Waals surface area (Å²) < 4.78 is 68.3. The Morgan fingerprint density at radius 2 is 0.533 bits per heavy atom. The number of unbranched alkanes of at least 4 members (excludes halogenated alkanes) is 33. The summed E-state index contributed by atoms with van der Waals surface area (Å²) in [6.45, 7) is 14.1. The zero-order valence-electron chi connectivity index (χ0n) is 58.8. The van der Waals surface area contributed by atoms with Crippen molar-refractivity contribution in [2.24, 2.45) is 23.7 Å². The average molecular weight is 1330 g/mol. The molecule has 0 bridgehead atoms. The normalized spacial score (nSPS) is 14.6. The van der Waals surface area contributed by atoms with E-state index in [1.54, 1.807) is 0 Å². The van der Waals surface area contributed by atoms with E-state index in [9.17, 15) is 43.2 Å².